The van der Waals surface area contributed by atoms with Crippen LogP contribution in [-0.4, -0.2) is 50.6 Å². The maximum absolute atomic E-state index is 12.4. The monoisotopic (exact) mass is 367 g/mol. The van der Waals surface area contributed by atoms with Crippen LogP contribution in [0.25, 0.3) is 0 Å². The summed E-state index contributed by atoms with van der Waals surface area (Å²) >= 11 is 6.26. The zero-order chi connectivity index (χ0) is 17.7. The van der Waals surface area contributed by atoms with Crippen LogP contribution in [0, 0.1) is 0 Å². The van der Waals surface area contributed by atoms with Gasteiger partial charge in [0.05, 0.1) is 17.7 Å². The van der Waals surface area contributed by atoms with E-state index in [0.29, 0.717) is 17.7 Å². The Labute approximate surface area is 149 Å². The Balaban J connectivity index is 2.11. The van der Waals surface area contributed by atoms with Gasteiger partial charge >= 0.3 is 5.97 Å². The van der Waals surface area contributed by atoms with E-state index in [2.05, 4.69) is 0 Å². The number of hydrogen-bond acceptors (Lipinski definition) is 6. The number of rotatable bonds is 7. The van der Waals surface area contributed by atoms with Crippen molar-refractivity contribution in [1.29, 1.82) is 0 Å². The number of ether oxygens (including phenoxy) is 1. The van der Waals surface area contributed by atoms with Crippen LogP contribution in [0.2, 0.25) is 0 Å². The molecule has 1 unspecified atom stereocenters. The highest BCUT2D eigenvalue weighted by Gasteiger charge is 2.36. The highest BCUT2D eigenvalue weighted by molar-refractivity contribution is 8.23. The number of carbonyl (C=O) groups is 3. The molecule has 1 heterocycles. The van der Waals surface area contributed by atoms with Crippen molar-refractivity contribution < 1.29 is 24.2 Å². The summed E-state index contributed by atoms with van der Waals surface area (Å²) in [5.41, 5.74) is 0.744. The molecule has 6 nitrogen and oxygen atoms in total. The molecule has 0 radical (unpaired) electrons. The van der Waals surface area contributed by atoms with Crippen molar-refractivity contribution >= 4 is 46.1 Å². The molecule has 128 valence electrons. The van der Waals surface area contributed by atoms with Crippen molar-refractivity contribution in [2.45, 2.75) is 25.0 Å². The molecule has 0 fully saturated rings. The molecule has 1 N–H and O–H groups in total. The summed E-state index contributed by atoms with van der Waals surface area (Å²) < 4.78 is 5.50. The summed E-state index contributed by atoms with van der Waals surface area (Å²) in [5, 5.41) is 8.55. The van der Waals surface area contributed by atoms with Crippen molar-refractivity contribution in [3.63, 3.8) is 0 Å². The predicted molar refractivity (Wildman–Crippen MR) is 94.3 cm³/mol. The average molecular weight is 367 g/mol. The third kappa shape index (κ3) is 4.33. The standard InChI is InChI=1S/C16H17NO5S2/c1-2-22-16(23)24-10(7-8-13(18)19)9-17-14(20)11-5-3-4-6-12(11)15(17)21/h3-6,10H,2,7-9H2,1H3,(H,18,19). The number of carboxylic acids is 1. The van der Waals surface area contributed by atoms with Gasteiger partial charge in [0.15, 0.2) is 0 Å². The van der Waals surface area contributed by atoms with Crippen molar-refractivity contribution in [3.05, 3.63) is 35.4 Å². The van der Waals surface area contributed by atoms with Gasteiger partial charge in [-0.05, 0) is 37.7 Å². The number of thiocarbonyl (C=S) groups is 1. The second-order valence-corrected chi connectivity index (χ2v) is 7.02. The smallest absolute Gasteiger partial charge is 0.303 e. The van der Waals surface area contributed by atoms with E-state index < -0.39 is 5.97 Å². The van der Waals surface area contributed by atoms with Crippen molar-refractivity contribution in [2.75, 3.05) is 13.2 Å². The number of thioether (sulfide) groups is 1. The molecule has 2 rings (SSSR count). The Kier molecular flexibility index (Phi) is 6.33. The highest BCUT2D eigenvalue weighted by Crippen LogP contribution is 2.27. The van der Waals surface area contributed by atoms with E-state index in [1.54, 1.807) is 31.2 Å². The molecular weight excluding hydrogens is 350 g/mol. The zero-order valence-electron chi connectivity index (χ0n) is 13.1. The lowest BCUT2D eigenvalue weighted by molar-refractivity contribution is -0.137. The number of imide groups is 1. The Morgan fingerprint density at radius 1 is 1.29 bits per heavy atom. The van der Waals surface area contributed by atoms with Gasteiger partial charge in [0, 0.05) is 18.2 Å². The number of amides is 2. The lowest BCUT2D eigenvalue weighted by Crippen LogP contribution is -2.36. The van der Waals surface area contributed by atoms with Crippen LogP contribution >= 0.6 is 24.0 Å². The predicted octanol–water partition coefficient (Wildman–Crippen LogP) is 2.57. The molecule has 1 aliphatic heterocycles. The molecule has 1 aromatic carbocycles. The number of aliphatic carboxylic acids is 1. The Morgan fingerprint density at radius 3 is 2.38 bits per heavy atom. The second-order valence-electron chi connectivity index (χ2n) is 5.12. The van der Waals surface area contributed by atoms with E-state index in [1.807, 2.05) is 0 Å². The molecule has 0 aliphatic carbocycles. The highest BCUT2D eigenvalue weighted by atomic mass is 32.2. The van der Waals surface area contributed by atoms with Crippen LogP contribution in [0.15, 0.2) is 24.3 Å². The zero-order valence-corrected chi connectivity index (χ0v) is 14.7. The molecule has 2 amide bonds. The summed E-state index contributed by atoms with van der Waals surface area (Å²) in [7, 11) is 0. The molecule has 1 aromatic rings. The van der Waals surface area contributed by atoms with E-state index in [0.717, 1.165) is 4.90 Å². The second kappa shape index (κ2) is 8.25. The SMILES string of the molecule is CCOC(=S)SC(CCC(=O)O)CN1C(=O)c2ccccc2C1=O. The first-order chi connectivity index (χ1) is 11.4. The molecule has 24 heavy (non-hydrogen) atoms. The number of hydrogen-bond donors (Lipinski definition) is 1. The van der Waals surface area contributed by atoms with Gasteiger partial charge in [-0.2, -0.15) is 0 Å². The minimum absolute atomic E-state index is 0.0738. The lowest BCUT2D eigenvalue weighted by atomic mass is 10.1. The summed E-state index contributed by atoms with van der Waals surface area (Å²) in [4.78, 5) is 36.8. The van der Waals surface area contributed by atoms with Gasteiger partial charge in [0.25, 0.3) is 11.8 Å². The van der Waals surface area contributed by atoms with Gasteiger partial charge in [-0.1, -0.05) is 23.9 Å². The largest absolute Gasteiger partial charge is 0.481 e. The fraction of sp³-hybridized carbons (Fsp3) is 0.375. The normalized spacial score (nSPS) is 14.5. The minimum Gasteiger partial charge on any atom is -0.481 e. The number of carboxylic acid groups (broad SMARTS) is 1. The van der Waals surface area contributed by atoms with Crippen LogP contribution in [0.4, 0.5) is 0 Å². The molecule has 0 saturated carbocycles. The topological polar surface area (TPSA) is 83.9 Å². The average Bonchev–Trinajstić information content (AvgIpc) is 2.78. The quantitative estimate of drug-likeness (QED) is 0.586. The number of fused-ring (bicyclic) bond motifs is 1. The van der Waals surface area contributed by atoms with Crippen LogP contribution in [0.3, 0.4) is 0 Å². The Morgan fingerprint density at radius 2 is 1.88 bits per heavy atom. The first-order valence-electron chi connectivity index (χ1n) is 7.44. The van der Waals surface area contributed by atoms with E-state index in [9.17, 15) is 14.4 Å². The fourth-order valence-corrected chi connectivity index (χ4v) is 3.81. The summed E-state index contributed by atoms with van der Waals surface area (Å²) in [6.45, 7) is 2.30. The molecule has 0 bridgehead atoms. The Hall–Kier alpha value is -1.93. The number of benzene rings is 1. The van der Waals surface area contributed by atoms with Crippen molar-refractivity contribution in [1.82, 2.24) is 4.90 Å². The first kappa shape index (κ1) is 18.4. The van der Waals surface area contributed by atoms with Gasteiger partial charge in [0.1, 0.15) is 0 Å². The maximum atomic E-state index is 12.4. The molecule has 0 saturated heterocycles. The lowest BCUT2D eigenvalue weighted by Gasteiger charge is -2.21. The van der Waals surface area contributed by atoms with Crippen LogP contribution < -0.4 is 0 Å². The van der Waals surface area contributed by atoms with E-state index in [4.69, 9.17) is 22.1 Å². The molecular formula is C16H17NO5S2. The fourth-order valence-electron chi connectivity index (χ4n) is 2.37. The van der Waals surface area contributed by atoms with Gasteiger partial charge < -0.3 is 9.84 Å². The first-order valence-corrected chi connectivity index (χ1v) is 8.73. The van der Waals surface area contributed by atoms with E-state index in [-0.39, 0.29) is 40.8 Å². The van der Waals surface area contributed by atoms with Crippen molar-refractivity contribution in [3.8, 4) is 0 Å². The number of nitrogens with zero attached hydrogens (tertiary/aromatic N) is 1. The van der Waals surface area contributed by atoms with Crippen LogP contribution in [0.1, 0.15) is 40.5 Å². The van der Waals surface area contributed by atoms with Crippen LogP contribution in [0.5, 0.6) is 0 Å². The van der Waals surface area contributed by atoms with E-state index >= 15 is 0 Å². The molecule has 8 heteroatoms. The van der Waals surface area contributed by atoms with Gasteiger partial charge in [-0.25, -0.2) is 0 Å². The molecule has 1 aliphatic rings. The van der Waals surface area contributed by atoms with Gasteiger partial charge in [0.2, 0.25) is 4.38 Å². The summed E-state index contributed by atoms with van der Waals surface area (Å²) in [6, 6.07) is 6.63. The van der Waals surface area contributed by atoms with Gasteiger partial charge in [-0.3, -0.25) is 19.3 Å². The van der Waals surface area contributed by atoms with Crippen molar-refractivity contribution in [2.24, 2.45) is 0 Å². The maximum Gasteiger partial charge on any atom is 0.303 e. The third-order valence-corrected chi connectivity index (χ3v) is 4.90. The summed E-state index contributed by atoms with van der Waals surface area (Å²) in [6.07, 6.45) is 0.205. The molecule has 0 aromatic heterocycles. The summed E-state index contributed by atoms with van der Waals surface area (Å²) in [5.74, 6) is -1.66. The third-order valence-electron chi connectivity index (χ3n) is 3.47. The van der Waals surface area contributed by atoms with Crippen LogP contribution in [-0.2, 0) is 9.53 Å². The Bertz CT molecular complexity index is 641. The van der Waals surface area contributed by atoms with E-state index in [1.165, 1.54) is 11.8 Å². The molecule has 0 spiro atoms. The number of carbonyl (C=O) groups excluding carboxylic acids is 2. The minimum atomic E-state index is -0.940. The molecule has 1 atom stereocenters. The van der Waals surface area contributed by atoms with Gasteiger partial charge in [-0.15, -0.1) is 0 Å².